The zero-order valence-corrected chi connectivity index (χ0v) is 23.9. The van der Waals surface area contributed by atoms with Gasteiger partial charge in [0.05, 0.1) is 24.9 Å². The first-order valence-electron chi connectivity index (χ1n) is 14.4. The van der Waals surface area contributed by atoms with E-state index in [-0.39, 0.29) is 24.2 Å². The van der Waals surface area contributed by atoms with Gasteiger partial charge in [-0.1, -0.05) is 23.7 Å². The van der Waals surface area contributed by atoms with Gasteiger partial charge in [0.15, 0.2) is 0 Å². The molecule has 2 aromatic rings. The van der Waals surface area contributed by atoms with Crippen LogP contribution in [0.1, 0.15) is 78.4 Å². The summed E-state index contributed by atoms with van der Waals surface area (Å²) in [6, 6.07) is 8.65. The van der Waals surface area contributed by atoms with Crippen LogP contribution >= 0.6 is 11.6 Å². The lowest BCUT2D eigenvalue weighted by atomic mass is 9.95. The standard InChI is InChI=1S/C30H41ClN4O4/c1-20-25(11-10-24-4-3-5-27(39-24)21-6-8-22(31)9-7-21)32-19-33-29(20)30(36)35-15-12-23(13-16-35)34-26-14-17-38-18-28(26)37-2/h6-9,19,23-24,26-28,34H,3-5,10-18H2,1-2H3/t24-,26+,27+,28-/m0/s1. The highest BCUT2D eigenvalue weighted by atomic mass is 35.5. The number of hydrogen-bond donors (Lipinski definition) is 1. The van der Waals surface area contributed by atoms with Crippen molar-refractivity contribution in [2.24, 2.45) is 0 Å². The van der Waals surface area contributed by atoms with Gasteiger partial charge in [-0.05, 0) is 76.0 Å². The molecule has 1 aromatic carbocycles. The molecule has 0 unspecified atom stereocenters. The first kappa shape index (κ1) is 28.4. The molecule has 3 aliphatic heterocycles. The monoisotopic (exact) mass is 556 g/mol. The van der Waals surface area contributed by atoms with E-state index in [1.807, 2.05) is 24.0 Å². The fourth-order valence-corrected chi connectivity index (χ4v) is 6.25. The molecule has 0 radical (unpaired) electrons. The van der Waals surface area contributed by atoms with Crippen LogP contribution in [0.5, 0.6) is 0 Å². The van der Waals surface area contributed by atoms with Crippen LogP contribution in [-0.2, 0) is 20.6 Å². The molecule has 0 spiro atoms. The highest BCUT2D eigenvalue weighted by Crippen LogP contribution is 2.33. The Morgan fingerprint density at radius 2 is 1.92 bits per heavy atom. The first-order valence-corrected chi connectivity index (χ1v) is 14.8. The first-order chi connectivity index (χ1) is 19.0. The fraction of sp³-hybridized carbons (Fsp3) is 0.633. The Hall–Kier alpha value is -2.10. The van der Waals surface area contributed by atoms with Gasteiger partial charge in [-0.2, -0.15) is 0 Å². The third-order valence-electron chi connectivity index (χ3n) is 8.52. The maximum atomic E-state index is 13.4. The lowest BCUT2D eigenvalue weighted by molar-refractivity contribution is -0.0547. The highest BCUT2D eigenvalue weighted by Gasteiger charge is 2.31. The van der Waals surface area contributed by atoms with Crippen LogP contribution < -0.4 is 5.32 Å². The van der Waals surface area contributed by atoms with Crippen LogP contribution in [0.15, 0.2) is 30.6 Å². The van der Waals surface area contributed by atoms with Gasteiger partial charge < -0.3 is 24.4 Å². The van der Waals surface area contributed by atoms with Gasteiger partial charge >= 0.3 is 0 Å². The Morgan fingerprint density at radius 1 is 1.13 bits per heavy atom. The molecule has 0 bridgehead atoms. The largest absolute Gasteiger partial charge is 0.379 e. The van der Waals surface area contributed by atoms with Crippen LogP contribution in [-0.4, -0.2) is 78.5 Å². The number of aromatic nitrogens is 2. The fourth-order valence-electron chi connectivity index (χ4n) is 6.12. The molecule has 4 heterocycles. The lowest BCUT2D eigenvalue weighted by Crippen LogP contribution is -2.54. The van der Waals surface area contributed by atoms with Crippen LogP contribution in [0.2, 0.25) is 5.02 Å². The van der Waals surface area contributed by atoms with Crippen molar-refractivity contribution in [3.8, 4) is 0 Å². The zero-order chi connectivity index (χ0) is 27.2. The Balaban J connectivity index is 1.13. The molecule has 3 saturated heterocycles. The molecular weight excluding hydrogens is 516 g/mol. The van der Waals surface area contributed by atoms with Gasteiger partial charge in [0.2, 0.25) is 0 Å². The number of aryl methyl sites for hydroxylation is 1. The number of nitrogens with zero attached hydrogens (tertiary/aromatic N) is 3. The Bertz CT molecular complexity index is 1090. The number of hydrogen-bond acceptors (Lipinski definition) is 7. The molecule has 0 saturated carbocycles. The summed E-state index contributed by atoms with van der Waals surface area (Å²) in [7, 11) is 1.74. The number of ether oxygens (including phenoxy) is 3. The maximum Gasteiger partial charge on any atom is 0.272 e. The SMILES string of the molecule is CO[C@H]1COCC[C@H]1NC1CCN(C(=O)c2ncnc(CC[C@@H]3CCC[C@H](c4ccc(Cl)cc4)O3)c2C)CC1. The van der Waals surface area contributed by atoms with Crippen LogP contribution in [0.3, 0.4) is 0 Å². The molecule has 1 amide bonds. The summed E-state index contributed by atoms with van der Waals surface area (Å²) in [5, 5.41) is 4.50. The van der Waals surface area contributed by atoms with Crippen molar-refractivity contribution in [1.82, 2.24) is 20.2 Å². The topological polar surface area (TPSA) is 85.8 Å². The number of halogens is 1. The van der Waals surface area contributed by atoms with Gasteiger partial charge in [-0.25, -0.2) is 9.97 Å². The molecule has 8 nitrogen and oxygen atoms in total. The van der Waals surface area contributed by atoms with E-state index in [1.54, 1.807) is 7.11 Å². The van der Waals surface area contributed by atoms with Crippen LogP contribution in [0, 0.1) is 6.92 Å². The summed E-state index contributed by atoms with van der Waals surface area (Å²) in [6.45, 7) is 4.82. The van der Waals surface area contributed by atoms with Crippen molar-refractivity contribution in [1.29, 1.82) is 0 Å². The summed E-state index contributed by atoms with van der Waals surface area (Å²) in [6.07, 6.45) is 9.55. The predicted molar refractivity (Wildman–Crippen MR) is 150 cm³/mol. The van der Waals surface area contributed by atoms with Crippen molar-refractivity contribution in [3.63, 3.8) is 0 Å². The smallest absolute Gasteiger partial charge is 0.272 e. The van der Waals surface area contributed by atoms with Crippen molar-refractivity contribution in [2.75, 3.05) is 33.4 Å². The Labute approximate surface area is 236 Å². The molecule has 1 N–H and O–H groups in total. The number of carbonyl (C=O) groups is 1. The van der Waals surface area contributed by atoms with Gasteiger partial charge in [-0.3, -0.25) is 4.79 Å². The summed E-state index contributed by atoms with van der Waals surface area (Å²) >= 11 is 6.06. The second kappa shape index (κ2) is 13.5. The van der Waals surface area contributed by atoms with E-state index in [9.17, 15) is 4.79 Å². The van der Waals surface area contributed by atoms with Crippen LogP contribution in [0.25, 0.3) is 0 Å². The van der Waals surface area contributed by atoms with Gasteiger partial charge in [-0.15, -0.1) is 0 Å². The average molecular weight is 557 g/mol. The minimum atomic E-state index is 0.00662. The van der Waals surface area contributed by atoms with Crippen molar-refractivity contribution in [3.05, 3.63) is 58.1 Å². The number of rotatable bonds is 8. The molecule has 9 heteroatoms. The normalized spacial score (nSPS) is 26.5. The van der Waals surface area contributed by atoms with Gasteiger partial charge in [0, 0.05) is 55.2 Å². The lowest BCUT2D eigenvalue weighted by Gasteiger charge is -2.38. The van der Waals surface area contributed by atoms with E-state index < -0.39 is 0 Å². The van der Waals surface area contributed by atoms with Gasteiger partial charge in [0.1, 0.15) is 12.0 Å². The van der Waals surface area contributed by atoms with Crippen molar-refractivity contribution < 1.29 is 19.0 Å². The minimum absolute atomic E-state index is 0.00662. The zero-order valence-electron chi connectivity index (χ0n) is 23.1. The molecule has 39 heavy (non-hydrogen) atoms. The van der Waals surface area contributed by atoms with E-state index in [0.29, 0.717) is 24.4 Å². The van der Waals surface area contributed by atoms with E-state index in [0.717, 1.165) is 87.3 Å². The average Bonchev–Trinajstić information content (AvgIpc) is 2.97. The molecule has 5 rings (SSSR count). The van der Waals surface area contributed by atoms with E-state index >= 15 is 0 Å². The van der Waals surface area contributed by atoms with Crippen molar-refractivity contribution in [2.45, 2.75) is 88.7 Å². The summed E-state index contributed by atoms with van der Waals surface area (Å²) in [5.74, 6) is 0.00662. The molecule has 212 valence electrons. The second-order valence-electron chi connectivity index (χ2n) is 11.0. The predicted octanol–water partition coefficient (Wildman–Crippen LogP) is 4.68. The molecule has 1 aromatic heterocycles. The molecule has 3 fully saturated rings. The van der Waals surface area contributed by atoms with E-state index in [2.05, 4.69) is 27.4 Å². The van der Waals surface area contributed by atoms with Crippen molar-refractivity contribution >= 4 is 17.5 Å². The number of likely N-dealkylation sites (tertiary alicyclic amines) is 1. The molecule has 4 atom stereocenters. The Kier molecular flexibility index (Phi) is 9.85. The third kappa shape index (κ3) is 7.16. The number of nitrogens with one attached hydrogen (secondary N) is 1. The third-order valence-corrected chi connectivity index (χ3v) is 8.78. The van der Waals surface area contributed by atoms with E-state index in [1.165, 1.54) is 11.9 Å². The maximum absolute atomic E-state index is 13.4. The second-order valence-corrected chi connectivity index (χ2v) is 11.5. The van der Waals surface area contributed by atoms with Crippen LogP contribution in [0.4, 0.5) is 0 Å². The number of piperidine rings is 1. The Morgan fingerprint density at radius 3 is 2.69 bits per heavy atom. The molecule has 0 aliphatic carbocycles. The highest BCUT2D eigenvalue weighted by molar-refractivity contribution is 6.30. The molecular formula is C30H41ClN4O4. The summed E-state index contributed by atoms with van der Waals surface area (Å²) in [5.41, 5.74) is 3.53. The number of benzene rings is 1. The molecule has 3 aliphatic rings. The number of methoxy groups -OCH3 is 1. The van der Waals surface area contributed by atoms with E-state index in [4.69, 9.17) is 25.8 Å². The summed E-state index contributed by atoms with van der Waals surface area (Å²) < 4.78 is 17.6. The summed E-state index contributed by atoms with van der Waals surface area (Å²) in [4.78, 5) is 24.3. The minimum Gasteiger partial charge on any atom is -0.379 e. The number of amides is 1. The quantitative estimate of drug-likeness (QED) is 0.505. The van der Waals surface area contributed by atoms with Gasteiger partial charge in [0.25, 0.3) is 5.91 Å². The number of carbonyl (C=O) groups excluding carboxylic acids is 1.